The molecule has 0 radical (unpaired) electrons. The van der Waals surface area contributed by atoms with Gasteiger partial charge in [-0.3, -0.25) is 0 Å². The fourth-order valence-electron chi connectivity index (χ4n) is 1.16. The molecule has 1 aromatic heterocycles. The van der Waals surface area contributed by atoms with Crippen LogP contribution in [0.1, 0.15) is 0 Å². The molecule has 1 aromatic carbocycles. The lowest BCUT2D eigenvalue weighted by Gasteiger charge is -2.04. The van der Waals surface area contributed by atoms with Gasteiger partial charge in [0.05, 0.1) is 11.9 Å². The van der Waals surface area contributed by atoms with E-state index in [1.807, 2.05) is 6.07 Å². The largest absolute Gasteiger partial charge is 0.261 e. The van der Waals surface area contributed by atoms with E-state index in [2.05, 4.69) is 20.2 Å². The van der Waals surface area contributed by atoms with E-state index < -0.39 is 10.0 Å². The maximum Gasteiger partial charge on any atom is 0.261 e. The van der Waals surface area contributed by atoms with E-state index in [4.69, 9.17) is 0 Å². The minimum absolute atomic E-state index is 0.0636. The Morgan fingerprint density at radius 3 is 2.56 bits per heavy atom. The Kier molecular flexibility index (Phi) is 2.57. The lowest BCUT2D eigenvalue weighted by molar-refractivity contribution is 0.606. The topological polar surface area (TPSA) is 89.8 Å². The fourth-order valence-corrected chi connectivity index (χ4v) is 1.62. The van der Waals surface area contributed by atoms with Gasteiger partial charge in [-0.1, -0.05) is 23.3 Å². The molecule has 84 valence electrons. The van der Waals surface area contributed by atoms with Crippen LogP contribution < -0.4 is 4.72 Å². The molecule has 0 spiro atoms. The van der Waals surface area contributed by atoms with Gasteiger partial charge >= 0.3 is 0 Å². The standard InChI is InChI=1S/C8H9N5O2S/c1-16(14,15)10-8-9-11-12-13(8)7-5-3-2-4-6-7/h2-6H,1H3,(H,9,10,12). The van der Waals surface area contributed by atoms with Crippen LogP contribution in [0.4, 0.5) is 5.95 Å². The first-order chi connectivity index (χ1) is 7.56. The average Bonchev–Trinajstić information content (AvgIpc) is 2.64. The molecule has 1 N–H and O–H groups in total. The van der Waals surface area contributed by atoms with E-state index in [-0.39, 0.29) is 5.95 Å². The second kappa shape index (κ2) is 3.89. The molecule has 0 unspecified atom stereocenters. The SMILES string of the molecule is CS(=O)(=O)Nc1nnnn1-c1ccccc1. The zero-order valence-electron chi connectivity index (χ0n) is 8.40. The predicted octanol–water partition coefficient (Wildman–Crippen LogP) is 0.0338. The minimum atomic E-state index is -3.39. The molecule has 0 aliphatic rings. The van der Waals surface area contributed by atoms with Gasteiger partial charge in [0.1, 0.15) is 0 Å². The Hall–Kier alpha value is -1.96. The van der Waals surface area contributed by atoms with E-state index in [1.54, 1.807) is 24.3 Å². The highest BCUT2D eigenvalue weighted by atomic mass is 32.2. The van der Waals surface area contributed by atoms with Crippen molar-refractivity contribution in [1.29, 1.82) is 0 Å². The summed E-state index contributed by atoms with van der Waals surface area (Å²) in [7, 11) is -3.39. The van der Waals surface area contributed by atoms with Gasteiger partial charge in [-0.25, -0.2) is 13.1 Å². The third-order valence-corrected chi connectivity index (χ3v) is 2.30. The summed E-state index contributed by atoms with van der Waals surface area (Å²) in [5.41, 5.74) is 0.679. The normalized spacial score (nSPS) is 11.3. The predicted molar refractivity (Wildman–Crippen MR) is 57.6 cm³/mol. The number of hydrogen-bond donors (Lipinski definition) is 1. The highest BCUT2D eigenvalue weighted by Gasteiger charge is 2.11. The number of hydrogen-bond acceptors (Lipinski definition) is 5. The van der Waals surface area contributed by atoms with Gasteiger partial charge < -0.3 is 0 Å². The molecule has 2 aromatic rings. The molecule has 0 aliphatic heterocycles. The van der Waals surface area contributed by atoms with E-state index in [0.29, 0.717) is 5.69 Å². The van der Waals surface area contributed by atoms with Crippen LogP contribution in [0.15, 0.2) is 30.3 Å². The van der Waals surface area contributed by atoms with Gasteiger partial charge in [-0.05, 0) is 22.6 Å². The highest BCUT2D eigenvalue weighted by molar-refractivity contribution is 7.91. The first kappa shape index (κ1) is 10.6. The number of sulfonamides is 1. The fraction of sp³-hybridized carbons (Fsp3) is 0.125. The third-order valence-electron chi connectivity index (χ3n) is 1.75. The Morgan fingerprint density at radius 2 is 1.94 bits per heavy atom. The molecule has 0 saturated heterocycles. The van der Waals surface area contributed by atoms with Crippen LogP contribution in [-0.4, -0.2) is 34.9 Å². The molecule has 0 bridgehead atoms. The number of nitrogens with one attached hydrogen (secondary N) is 1. The zero-order chi connectivity index (χ0) is 11.6. The smallest absolute Gasteiger partial charge is 0.250 e. The number of aromatic nitrogens is 4. The van der Waals surface area contributed by atoms with Crippen LogP contribution in [0.3, 0.4) is 0 Å². The van der Waals surface area contributed by atoms with E-state index in [0.717, 1.165) is 6.26 Å². The monoisotopic (exact) mass is 239 g/mol. The van der Waals surface area contributed by atoms with Crippen molar-refractivity contribution in [2.24, 2.45) is 0 Å². The summed E-state index contributed by atoms with van der Waals surface area (Å²) >= 11 is 0. The number of para-hydroxylation sites is 1. The zero-order valence-corrected chi connectivity index (χ0v) is 9.22. The van der Waals surface area contributed by atoms with Crippen molar-refractivity contribution in [3.8, 4) is 5.69 Å². The molecular formula is C8H9N5O2S. The lowest BCUT2D eigenvalue weighted by Crippen LogP contribution is -2.14. The molecule has 0 amide bonds. The maximum absolute atomic E-state index is 11.1. The van der Waals surface area contributed by atoms with Gasteiger partial charge in [0.15, 0.2) is 0 Å². The molecule has 0 fully saturated rings. The summed E-state index contributed by atoms with van der Waals surface area (Å²) in [4.78, 5) is 0. The summed E-state index contributed by atoms with van der Waals surface area (Å²) in [5.74, 6) is 0.0636. The van der Waals surface area contributed by atoms with Gasteiger partial charge in [0.25, 0.3) is 5.95 Å². The summed E-state index contributed by atoms with van der Waals surface area (Å²) in [6.07, 6.45) is 1.04. The summed E-state index contributed by atoms with van der Waals surface area (Å²) in [6, 6.07) is 8.99. The number of benzene rings is 1. The molecular weight excluding hydrogens is 230 g/mol. The number of tetrazole rings is 1. The van der Waals surface area contributed by atoms with Crippen molar-refractivity contribution in [3.63, 3.8) is 0 Å². The third kappa shape index (κ3) is 2.34. The van der Waals surface area contributed by atoms with Crippen LogP contribution in [0, 0.1) is 0 Å². The highest BCUT2D eigenvalue weighted by Crippen LogP contribution is 2.10. The molecule has 16 heavy (non-hydrogen) atoms. The molecule has 0 aliphatic carbocycles. The summed E-state index contributed by atoms with van der Waals surface area (Å²) < 4.78 is 25.7. The Morgan fingerprint density at radius 1 is 1.25 bits per heavy atom. The number of rotatable bonds is 3. The summed E-state index contributed by atoms with van der Waals surface area (Å²) in [6.45, 7) is 0. The van der Waals surface area contributed by atoms with Crippen molar-refractivity contribution in [1.82, 2.24) is 20.2 Å². The van der Waals surface area contributed by atoms with Crippen LogP contribution in [-0.2, 0) is 10.0 Å². The second-order valence-electron chi connectivity index (χ2n) is 3.12. The van der Waals surface area contributed by atoms with Gasteiger partial charge in [0.2, 0.25) is 10.0 Å². The van der Waals surface area contributed by atoms with Gasteiger partial charge in [0, 0.05) is 0 Å². The van der Waals surface area contributed by atoms with Crippen molar-refractivity contribution in [2.45, 2.75) is 0 Å². The van der Waals surface area contributed by atoms with E-state index in [9.17, 15) is 8.42 Å². The van der Waals surface area contributed by atoms with Crippen molar-refractivity contribution in [3.05, 3.63) is 30.3 Å². The van der Waals surface area contributed by atoms with Crippen LogP contribution in [0.2, 0.25) is 0 Å². The number of anilines is 1. The molecule has 0 atom stereocenters. The summed E-state index contributed by atoms with van der Waals surface area (Å²) in [5, 5.41) is 10.7. The second-order valence-corrected chi connectivity index (χ2v) is 4.87. The molecule has 7 nitrogen and oxygen atoms in total. The average molecular weight is 239 g/mol. The van der Waals surface area contributed by atoms with Gasteiger partial charge in [-0.15, -0.1) is 0 Å². The Labute approximate surface area is 92.1 Å². The lowest BCUT2D eigenvalue weighted by atomic mass is 10.3. The first-order valence-electron chi connectivity index (χ1n) is 4.38. The van der Waals surface area contributed by atoms with Crippen LogP contribution >= 0.6 is 0 Å². The molecule has 8 heteroatoms. The van der Waals surface area contributed by atoms with E-state index >= 15 is 0 Å². The molecule has 2 rings (SSSR count). The quantitative estimate of drug-likeness (QED) is 0.816. The Bertz CT molecular complexity index is 577. The number of nitrogens with zero attached hydrogens (tertiary/aromatic N) is 4. The van der Waals surface area contributed by atoms with Crippen LogP contribution in [0.25, 0.3) is 5.69 Å². The molecule has 0 saturated carbocycles. The van der Waals surface area contributed by atoms with Crippen LogP contribution in [0.5, 0.6) is 0 Å². The minimum Gasteiger partial charge on any atom is -0.250 e. The molecule has 1 heterocycles. The van der Waals surface area contributed by atoms with Crippen molar-refractivity contribution in [2.75, 3.05) is 11.0 Å². The Balaban J connectivity index is 2.41. The van der Waals surface area contributed by atoms with E-state index in [1.165, 1.54) is 4.68 Å². The van der Waals surface area contributed by atoms with Gasteiger partial charge in [-0.2, -0.15) is 4.68 Å². The maximum atomic E-state index is 11.1. The van der Waals surface area contributed by atoms with Crippen molar-refractivity contribution >= 4 is 16.0 Å². The van der Waals surface area contributed by atoms with Crippen molar-refractivity contribution < 1.29 is 8.42 Å². The first-order valence-corrected chi connectivity index (χ1v) is 6.27.